The van der Waals surface area contributed by atoms with Crippen molar-refractivity contribution >= 4 is 28.3 Å². The quantitative estimate of drug-likeness (QED) is 0.872. The molecule has 24 heavy (non-hydrogen) atoms. The van der Waals surface area contributed by atoms with Crippen molar-refractivity contribution in [3.63, 3.8) is 0 Å². The minimum absolute atomic E-state index is 0.0761. The van der Waals surface area contributed by atoms with Gasteiger partial charge in [-0.25, -0.2) is 4.79 Å². The molecule has 6 nitrogen and oxygen atoms in total. The number of carbonyl (C=O) groups is 2. The Morgan fingerprint density at radius 2 is 2.00 bits per heavy atom. The average Bonchev–Trinajstić information content (AvgIpc) is 2.48. The summed E-state index contributed by atoms with van der Waals surface area (Å²) in [6.07, 6.45) is 0.674. The van der Waals surface area contributed by atoms with Crippen molar-refractivity contribution in [3.05, 3.63) is 39.2 Å². The van der Waals surface area contributed by atoms with Crippen molar-refractivity contribution < 1.29 is 14.0 Å². The number of rotatable bonds is 3. The molecule has 1 aromatic heterocycles. The third-order valence-corrected chi connectivity index (χ3v) is 4.28. The predicted molar refractivity (Wildman–Crippen MR) is 91.2 cm³/mol. The van der Waals surface area contributed by atoms with Gasteiger partial charge < -0.3 is 9.73 Å². The predicted octanol–water partition coefficient (Wildman–Crippen LogP) is 2.01. The molecule has 6 heteroatoms. The summed E-state index contributed by atoms with van der Waals surface area (Å²) < 4.78 is 5.47. The lowest BCUT2D eigenvalue weighted by molar-refractivity contribution is -0.118. The zero-order valence-corrected chi connectivity index (χ0v) is 14.1. The Labute approximate surface area is 139 Å². The van der Waals surface area contributed by atoms with Gasteiger partial charge in [-0.1, -0.05) is 0 Å². The van der Waals surface area contributed by atoms with Crippen molar-refractivity contribution in [2.45, 2.75) is 33.7 Å². The Morgan fingerprint density at radius 3 is 2.67 bits per heavy atom. The summed E-state index contributed by atoms with van der Waals surface area (Å²) in [6.45, 7) is 6.33. The number of Topliss-reactive ketones (excluding diaryl/α,β-unsaturated/α-hetero) is 1. The zero-order chi connectivity index (χ0) is 17.4. The lowest BCUT2D eigenvalue weighted by Gasteiger charge is -2.27. The van der Waals surface area contributed by atoms with Crippen LogP contribution >= 0.6 is 0 Å². The average molecular weight is 328 g/mol. The lowest BCUT2D eigenvalue weighted by atomic mass is 9.96. The molecule has 0 unspecified atom stereocenters. The third kappa shape index (κ3) is 3.10. The highest BCUT2D eigenvalue weighted by Gasteiger charge is 2.23. The smallest absolute Gasteiger partial charge is 0.341 e. The first-order valence-corrected chi connectivity index (χ1v) is 7.93. The van der Waals surface area contributed by atoms with Gasteiger partial charge in [0, 0.05) is 31.1 Å². The molecule has 0 spiro atoms. The fourth-order valence-electron chi connectivity index (χ4n) is 3.24. The molecule has 0 bridgehead atoms. The molecule has 0 aliphatic carbocycles. The number of aryl methyl sites for hydroxylation is 1. The maximum atomic E-state index is 12.3. The monoisotopic (exact) mass is 328 g/mol. The van der Waals surface area contributed by atoms with Crippen LogP contribution in [-0.2, 0) is 22.6 Å². The Hall–Kier alpha value is -2.47. The maximum Gasteiger partial charge on any atom is 0.341 e. The number of anilines is 1. The molecule has 0 atom stereocenters. The van der Waals surface area contributed by atoms with Crippen LogP contribution < -0.4 is 10.9 Å². The van der Waals surface area contributed by atoms with E-state index in [0.29, 0.717) is 37.2 Å². The molecule has 2 heterocycles. The normalized spacial score (nSPS) is 14.5. The van der Waals surface area contributed by atoms with Crippen LogP contribution in [0.5, 0.6) is 0 Å². The summed E-state index contributed by atoms with van der Waals surface area (Å²) in [5.74, 6) is -0.0662. The summed E-state index contributed by atoms with van der Waals surface area (Å²) in [7, 11) is 0. The van der Waals surface area contributed by atoms with E-state index in [1.807, 2.05) is 17.9 Å². The fraction of sp³-hybridized carbons (Fsp3) is 0.389. The van der Waals surface area contributed by atoms with Gasteiger partial charge >= 0.3 is 5.63 Å². The molecule has 1 amide bonds. The summed E-state index contributed by atoms with van der Waals surface area (Å²) >= 11 is 0. The second kappa shape index (κ2) is 6.20. The molecule has 0 fully saturated rings. The Bertz CT molecular complexity index is 898. The van der Waals surface area contributed by atoms with Crippen molar-refractivity contribution in [1.29, 1.82) is 0 Å². The van der Waals surface area contributed by atoms with E-state index < -0.39 is 0 Å². The number of amides is 1. The van der Waals surface area contributed by atoms with E-state index in [1.165, 1.54) is 6.92 Å². The summed E-state index contributed by atoms with van der Waals surface area (Å²) in [5, 5.41) is 3.66. The third-order valence-electron chi connectivity index (χ3n) is 4.28. The van der Waals surface area contributed by atoms with Crippen molar-refractivity contribution in [2.24, 2.45) is 0 Å². The Kier molecular flexibility index (Phi) is 4.24. The second-order valence-corrected chi connectivity index (χ2v) is 6.35. The molecular formula is C18H20N2O4. The number of nitrogens with one attached hydrogen (secondary N) is 1. The lowest BCUT2D eigenvalue weighted by Crippen LogP contribution is -2.36. The molecule has 0 saturated heterocycles. The minimum Gasteiger partial charge on any atom is -0.422 e. The molecule has 1 aliphatic rings. The van der Waals surface area contributed by atoms with E-state index >= 15 is 0 Å². The van der Waals surface area contributed by atoms with Crippen LogP contribution in [0.2, 0.25) is 0 Å². The number of hydrogen-bond acceptors (Lipinski definition) is 5. The van der Waals surface area contributed by atoms with E-state index in [1.54, 1.807) is 13.0 Å². The van der Waals surface area contributed by atoms with Gasteiger partial charge in [0.05, 0.1) is 12.1 Å². The van der Waals surface area contributed by atoms with Crippen LogP contribution in [-0.4, -0.2) is 29.7 Å². The molecule has 1 aromatic carbocycles. The Morgan fingerprint density at radius 1 is 1.25 bits per heavy atom. The zero-order valence-electron chi connectivity index (χ0n) is 14.1. The highest BCUT2D eigenvalue weighted by atomic mass is 16.4. The van der Waals surface area contributed by atoms with E-state index in [2.05, 4.69) is 5.32 Å². The molecule has 126 valence electrons. The maximum absolute atomic E-state index is 12.3. The van der Waals surface area contributed by atoms with Crippen LogP contribution in [0.25, 0.3) is 11.0 Å². The minimum atomic E-state index is -0.350. The standard InChI is InChI=1S/C18H20N2O4/c1-10-6-17-14(7-16(10)19-12(3)22)13-4-5-20(8-11(2)21)9-15(13)18(23)24-17/h6-7H,4-5,8-9H2,1-3H3,(H,19,22). The summed E-state index contributed by atoms with van der Waals surface area (Å²) in [5.41, 5.74) is 3.30. The van der Waals surface area contributed by atoms with Gasteiger partial charge in [0.15, 0.2) is 0 Å². The highest BCUT2D eigenvalue weighted by Crippen LogP contribution is 2.29. The first kappa shape index (κ1) is 16.4. The molecule has 0 radical (unpaired) electrons. The van der Waals surface area contributed by atoms with Crippen LogP contribution in [0.4, 0.5) is 5.69 Å². The van der Waals surface area contributed by atoms with Crippen molar-refractivity contribution in [2.75, 3.05) is 18.4 Å². The number of nitrogens with zero attached hydrogens (tertiary/aromatic N) is 1. The van der Waals surface area contributed by atoms with Crippen LogP contribution in [0.15, 0.2) is 21.3 Å². The molecule has 0 saturated carbocycles. The largest absolute Gasteiger partial charge is 0.422 e. The van der Waals surface area contributed by atoms with Crippen LogP contribution in [0.3, 0.4) is 0 Å². The molecular weight excluding hydrogens is 308 g/mol. The fourth-order valence-corrected chi connectivity index (χ4v) is 3.24. The van der Waals surface area contributed by atoms with Gasteiger partial charge in [0.25, 0.3) is 0 Å². The topological polar surface area (TPSA) is 79.6 Å². The van der Waals surface area contributed by atoms with Gasteiger partial charge in [0.2, 0.25) is 5.91 Å². The van der Waals surface area contributed by atoms with Gasteiger partial charge in [-0.2, -0.15) is 0 Å². The number of fused-ring (bicyclic) bond motifs is 3. The molecule has 1 N–H and O–H groups in total. The summed E-state index contributed by atoms with van der Waals surface area (Å²) in [4.78, 5) is 37.0. The number of hydrogen-bond donors (Lipinski definition) is 1. The molecule has 1 aliphatic heterocycles. The van der Waals surface area contributed by atoms with E-state index in [-0.39, 0.29) is 17.3 Å². The van der Waals surface area contributed by atoms with E-state index in [9.17, 15) is 14.4 Å². The van der Waals surface area contributed by atoms with Crippen molar-refractivity contribution in [1.82, 2.24) is 4.90 Å². The van der Waals surface area contributed by atoms with Crippen molar-refractivity contribution in [3.8, 4) is 0 Å². The van der Waals surface area contributed by atoms with Crippen LogP contribution in [0, 0.1) is 6.92 Å². The van der Waals surface area contributed by atoms with E-state index in [4.69, 9.17) is 4.42 Å². The summed E-state index contributed by atoms with van der Waals surface area (Å²) in [6, 6.07) is 3.65. The second-order valence-electron chi connectivity index (χ2n) is 6.35. The molecule has 2 aromatic rings. The first-order valence-electron chi connectivity index (χ1n) is 7.93. The number of carbonyl (C=O) groups excluding carboxylic acids is 2. The number of benzene rings is 1. The SMILES string of the molecule is CC(=O)CN1CCc2c(c(=O)oc3cc(C)c(NC(C)=O)cc23)C1. The molecule has 3 rings (SSSR count). The van der Waals surface area contributed by atoms with Gasteiger partial charge in [-0.3, -0.25) is 14.5 Å². The number of ketones is 1. The first-order chi connectivity index (χ1) is 11.3. The van der Waals surface area contributed by atoms with Gasteiger partial charge in [0.1, 0.15) is 11.4 Å². The van der Waals surface area contributed by atoms with Gasteiger partial charge in [-0.05, 0) is 43.5 Å². The van der Waals surface area contributed by atoms with Gasteiger partial charge in [-0.15, -0.1) is 0 Å². The van der Waals surface area contributed by atoms with Crippen LogP contribution in [0.1, 0.15) is 30.5 Å². The Balaban J connectivity index is 2.11. The van der Waals surface area contributed by atoms with E-state index in [0.717, 1.165) is 22.2 Å². The highest BCUT2D eigenvalue weighted by molar-refractivity contribution is 5.94.